The van der Waals surface area contributed by atoms with Gasteiger partial charge in [0.05, 0.1) is 17.8 Å². The molecule has 1 saturated heterocycles. The number of nitrogens with one attached hydrogen (secondary N) is 1. The third-order valence-corrected chi connectivity index (χ3v) is 4.24. The highest BCUT2D eigenvalue weighted by molar-refractivity contribution is 9.10. The molecule has 1 aliphatic heterocycles. The van der Waals surface area contributed by atoms with Crippen molar-refractivity contribution in [1.82, 2.24) is 20.2 Å². The van der Waals surface area contributed by atoms with Crippen molar-refractivity contribution in [3.63, 3.8) is 0 Å². The van der Waals surface area contributed by atoms with Crippen LogP contribution in [0.1, 0.15) is 20.8 Å². The topological polar surface area (TPSA) is 65.9 Å². The number of rotatable bonds is 5. The number of ether oxygens (including phenoxy) is 1. The summed E-state index contributed by atoms with van der Waals surface area (Å²) in [6.45, 7) is 11.7. The molecule has 7 nitrogen and oxygen atoms in total. The Bertz CT molecular complexity index is 557. The lowest BCUT2D eigenvalue weighted by Gasteiger charge is -2.36. The molecule has 1 aromatic rings. The molecule has 0 aromatic carbocycles. The molecule has 0 saturated carbocycles. The van der Waals surface area contributed by atoms with Crippen LogP contribution >= 0.6 is 15.9 Å². The fourth-order valence-corrected chi connectivity index (χ4v) is 2.80. The number of guanidine groups is 1. The van der Waals surface area contributed by atoms with Crippen LogP contribution in [0.15, 0.2) is 15.7 Å². The number of aromatic nitrogens is 2. The van der Waals surface area contributed by atoms with Gasteiger partial charge in [-0.25, -0.2) is 4.98 Å². The second-order valence-electron chi connectivity index (χ2n) is 6.09. The Morgan fingerprint density at radius 3 is 2.67 bits per heavy atom. The van der Waals surface area contributed by atoms with Gasteiger partial charge in [-0.2, -0.15) is 4.98 Å². The zero-order chi connectivity index (χ0) is 17.5. The van der Waals surface area contributed by atoms with Gasteiger partial charge in [-0.15, -0.1) is 0 Å². The quantitative estimate of drug-likeness (QED) is 0.604. The number of nitrogens with zero attached hydrogens (tertiary/aromatic N) is 5. The summed E-state index contributed by atoms with van der Waals surface area (Å²) in [6, 6.07) is 0. The van der Waals surface area contributed by atoms with Gasteiger partial charge in [0.1, 0.15) is 0 Å². The minimum atomic E-state index is 0.559. The Kier molecular flexibility index (Phi) is 7.08. The summed E-state index contributed by atoms with van der Waals surface area (Å²) in [7, 11) is 1.61. The second kappa shape index (κ2) is 9.05. The van der Waals surface area contributed by atoms with E-state index in [1.54, 1.807) is 13.3 Å². The summed E-state index contributed by atoms with van der Waals surface area (Å²) in [6.07, 6.45) is 1.74. The minimum Gasteiger partial charge on any atom is -0.480 e. The van der Waals surface area contributed by atoms with Crippen molar-refractivity contribution in [3.8, 4) is 5.88 Å². The van der Waals surface area contributed by atoms with Gasteiger partial charge in [0, 0.05) is 39.3 Å². The van der Waals surface area contributed by atoms with Crippen LogP contribution in [0.4, 0.5) is 5.95 Å². The second-order valence-corrected chi connectivity index (χ2v) is 6.94. The van der Waals surface area contributed by atoms with Gasteiger partial charge in [0.25, 0.3) is 0 Å². The molecule has 0 unspecified atom stereocenters. The van der Waals surface area contributed by atoms with Crippen LogP contribution in [0.5, 0.6) is 5.88 Å². The van der Waals surface area contributed by atoms with Crippen LogP contribution in [0.2, 0.25) is 0 Å². The van der Waals surface area contributed by atoms with Crippen LogP contribution in [-0.4, -0.2) is 67.2 Å². The third-order valence-electron chi connectivity index (χ3n) is 3.70. The first kappa shape index (κ1) is 18.8. The summed E-state index contributed by atoms with van der Waals surface area (Å²) < 4.78 is 6.02. The average molecular weight is 399 g/mol. The fourth-order valence-electron chi connectivity index (χ4n) is 2.45. The number of hydrogen-bond donors (Lipinski definition) is 1. The fraction of sp³-hybridized carbons (Fsp3) is 0.688. The Morgan fingerprint density at radius 1 is 1.38 bits per heavy atom. The Balaban J connectivity index is 2.00. The number of halogens is 1. The van der Waals surface area contributed by atoms with E-state index in [0.29, 0.717) is 17.7 Å². The molecule has 0 bridgehead atoms. The molecule has 1 N–H and O–H groups in total. The van der Waals surface area contributed by atoms with Gasteiger partial charge in [0.15, 0.2) is 5.96 Å². The Hall–Kier alpha value is -1.57. The molecule has 134 valence electrons. The first-order chi connectivity index (χ1) is 11.5. The SMILES string of the molecule is CCNC(=NCC(C)C)N1CCN(c2ncc(Br)c(OC)n2)CC1. The monoisotopic (exact) mass is 398 g/mol. The molecule has 24 heavy (non-hydrogen) atoms. The summed E-state index contributed by atoms with van der Waals surface area (Å²) in [5.74, 6) is 2.83. The van der Waals surface area contributed by atoms with Crippen molar-refractivity contribution in [3.05, 3.63) is 10.7 Å². The van der Waals surface area contributed by atoms with E-state index < -0.39 is 0 Å². The highest BCUT2D eigenvalue weighted by Gasteiger charge is 2.22. The highest BCUT2D eigenvalue weighted by Crippen LogP contribution is 2.23. The van der Waals surface area contributed by atoms with Crippen LogP contribution in [0, 0.1) is 5.92 Å². The van der Waals surface area contributed by atoms with E-state index in [-0.39, 0.29) is 0 Å². The van der Waals surface area contributed by atoms with Crippen molar-refractivity contribution in [1.29, 1.82) is 0 Å². The number of anilines is 1. The van der Waals surface area contributed by atoms with Crippen LogP contribution in [-0.2, 0) is 0 Å². The van der Waals surface area contributed by atoms with Crippen LogP contribution < -0.4 is 15.0 Å². The van der Waals surface area contributed by atoms with Gasteiger partial charge in [-0.1, -0.05) is 13.8 Å². The molecule has 0 amide bonds. The van der Waals surface area contributed by atoms with Gasteiger partial charge in [-0.3, -0.25) is 4.99 Å². The zero-order valence-electron chi connectivity index (χ0n) is 14.9. The minimum absolute atomic E-state index is 0.559. The number of aliphatic imine (C=N–C) groups is 1. The van der Waals surface area contributed by atoms with Gasteiger partial charge < -0.3 is 19.9 Å². The summed E-state index contributed by atoms with van der Waals surface area (Å²) in [5, 5.41) is 3.39. The van der Waals surface area contributed by atoms with Crippen molar-refractivity contribution in [2.45, 2.75) is 20.8 Å². The lowest BCUT2D eigenvalue weighted by molar-refractivity contribution is 0.365. The lowest BCUT2D eigenvalue weighted by atomic mass is 10.2. The number of methoxy groups -OCH3 is 1. The van der Waals surface area contributed by atoms with Crippen molar-refractivity contribution in [2.24, 2.45) is 10.9 Å². The molecule has 1 aromatic heterocycles. The Labute approximate surface area is 152 Å². The predicted octanol–water partition coefficient (Wildman–Crippen LogP) is 1.99. The van der Waals surface area contributed by atoms with E-state index in [4.69, 9.17) is 9.73 Å². The van der Waals surface area contributed by atoms with Gasteiger partial charge >= 0.3 is 0 Å². The summed E-state index contributed by atoms with van der Waals surface area (Å²) >= 11 is 3.39. The maximum absolute atomic E-state index is 5.26. The first-order valence-corrected chi connectivity index (χ1v) is 9.19. The molecule has 0 aliphatic carbocycles. The molecule has 0 atom stereocenters. The van der Waals surface area contributed by atoms with E-state index in [0.717, 1.165) is 49.7 Å². The summed E-state index contributed by atoms with van der Waals surface area (Å²) in [5.41, 5.74) is 0. The molecule has 1 fully saturated rings. The van der Waals surface area contributed by atoms with E-state index >= 15 is 0 Å². The first-order valence-electron chi connectivity index (χ1n) is 8.39. The van der Waals surface area contributed by atoms with Crippen molar-refractivity contribution in [2.75, 3.05) is 51.3 Å². The standard InChI is InChI=1S/C16H27BrN6O/c1-5-18-15(19-10-12(2)3)22-6-8-23(9-7-22)16-20-11-13(17)14(21-16)24-4/h11-12H,5-10H2,1-4H3,(H,18,19). The van der Waals surface area contributed by atoms with Gasteiger partial charge in [-0.05, 0) is 28.8 Å². The third kappa shape index (κ3) is 4.96. The van der Waals surface area contributed by atoms with E-state index in [1.807, 2.05) is 0 Å². The van der Waals surface area contributed by atoms with Crippen molar-refractivity contribution >= 4 is 27.8 Å². The molecule has 8 heteroatoms. The molecule has 0 radical (unpaired) electrons. The average Bonchev–Trinajstić information content (AvgIpc) is 2.59. The molecular formula is C16H27BrN6O. The van der Waals surface area contributed by atoms with Crippen LogP contribution in [0.3, 0.4) is 0 Å². The smallest absolute Gasteiger partial charge is 0.232 e. The van der Waals surface area contributed by atoms with Crippen molar-refractivity contribution < 1.29 is 4.74 Å². The zero-order valence-corrected chi connectivity index (χ0v) is 16.5. The highest BCUT2D eigenvalue weighted by atomic mass is 79.9. The van der Waals surface area contributed by atoms with E-state index in [1.165, 1.54) is 0 Å². The molecular weight excluding hydrogens is 372 g/mol. The summed E-state index contributed by atoms with van der Waals surface area (Å²) in [4.78, 5) is 18.1. The molecule has 2 heterocycles. The number of hydrogen-bond acceptors (Lipinski definition) is 5. The maximum Gasteiger partial charge on any atom is 0.232 e. The predicted molar refractivity (Wildman–Crippen MR) is 101 cm³/mol. The lowest BCUT2D eigenvalue weighted by Crippen LogP contribution is -2.53. The van der Waals surface area contributed by atoms with E-state index in [2.05, 4.69) is 61.8 Å². The van der Waals surface area contributed by atoms with Gasteiger partial charge in [0.2, 0.25) is 11.8 Å². The molecule has 0 spiro atoms. The Morgan fingerprint density at radius 2 is 2.08 bits per heavy atom. The van der Waals surface area contributed by atoms with E-state index in [9.17, 15) is 0 Å². The molecule has 1 aliphatic rings. The maximum atomic E-state index is 5.26. The largest absolute Gasteiger partial charge is 0.480 e. The molecule has 2 rings (SSSR count). The number of piperazine rings is 1. The van der Waals surface area contributed by atoms with Crippen LogP contribution in [0.25, 0.3) is 0 Å². The normalized spacial score (nSPS) is 15.8.